The highest BCUT2D eigenvalue weighted by Gasteiger charge is 2.13. The van der Waals surface area contributed by atoms with Crippen LogP contribution in [-0.2, 0) is 9.59 Å². The third kappa shape index (κ3) is 5.73. The van der Waals surface area contributed by atoms with E-state index in [1.54, 1.807) is 24.3 Å². The Balaban J connectivity index is 2.47. The first-order chi connectivity index (χ1) is 9.52. The van der Waals surface area contributed by atoms with Crippen molar-refractivity contribution in [2.24, 2.45) is 5.92 Å². The number of amides is 2. The molecule has 20 heavy (non-hydrogen) atoms. The van der Waals surface area contributed by atoms with Crippen LogP contribution in [0.3, 0.4) is 0 Å². The summed E-state index contributed by atoms with van der Waals surface area (Å²) in [5.74, 6) is -0.228. The molecule has 0 aromatic heterocycles. The van der Waals surface area contributed by atoms with Crippen molar-refractivity contribution in [3.05, 3.63) is 24.3 Å². The molecule has 0 atom stereocenters. The first-order valence-corrected chi connectivity index (χ1v) is 6.85. The number of hydrogen-bond donors (Lipinski definition) is 2. The van der Waals surface area contributed by atoms with E-state index in [0.717, 1.165) is 12.2 Å². The highest BCUT2D eigenvalue weighted by molar-refractivity contribution is 6.39. The van der Waals surface area contributed by atoms with Gasteiger partial charge in [0.05, 0.1) is 6.61 Å². The van der Waals surface area contributed by atoms with Gasteiger partial charge in [-0.1, -0.05) is 20.8 Å². The molecule has 5 heteroatoms. The van der Waals surface area contributed by atoms with Gasteiger partial charge in [-0.3, -0.25) is 9.59 Å². The number of carbonyl (C=O) groups excluding carboxylic acids is 2. The lowest BCUT2D eigenvalue weighted by Gasteiger charge is -2.09. The highest BCUT2D eigenvalue weighted by atomic mass is 16.5. The Morgan fingerprint density at radius 2 is 1.80 bits per heavy atom. The zero-order valence-electron chi connectivity index (χ0n) is 12.2. The van der Waals surface area contributed by atoms with Crippen molar-refractivity contribution in [2.75, 3.05) is 18.5 Å². The molecule has 1 aromatic carbocycles. The van der Waals surface area contributed by atoms with Crippen LogP contribution >= 0.6 is 0 Å². The van der Waals surface area contributed by atoms with E-state index in [1.807, 2.05) is 20.8 Å². The predicted molar refractivity (Wildman–Crippen MR) is 78.7 cm³/mol. The molecule has 0 aliphatic heterocycles. The molecule has 110 valence electrons. The Morgan fingerprint density at radius 3 is 2.35 bits per heavy atom. The van der Waals surface area contributed by atoms with Gasteiger partial charge in [-0.05, 0) is 36.6 Å². The van der Waals surface area contributed by atoms with Gasteiger partial charge in [0.15, 0.2) is 0 Å². The molecule has 0 spiro atoms. The summed E-state index contributed by atoms with van der Waals surface area (Å²) in [5.41, 5.74) is 0.568. The first kappa shape index (κ1) is 16.0. The second-order valence-corrected chi connectivity index (χ2v) is 4.93. The first-order valence-electron chi connectivity index (χ1n) is 6.85. The van der Waals surface area contributed by atoms with E-state index in [0.29, 0.717) is 24.8 Å². The molecular formula is C15H22N2O3. The van der Waals surface area contributed by atoms with Gasteiger partial charge >= 0.3 is 11.8 Å². The van der Waals surface area contributed by atoms with Gasteiger partial charge in [-0.15, -0.1) is 0 Å². The maximum absolute atomic E-state index is 11.6. The van der Waals surface area contributed by atoms with Crippen LogP contribution in [0.15, 0.2) is 24.3 Å². The topological polar surface area (TPSA) is 67.4 Å². The second kappa shape index (κ2) is 8.19. The molecule has 5 nitrogen and oxygen atoms in total. The van der Waals surface area contributed by atoms with Gasteiger partial charge in [-0.2, -0.15) is 0 Å². The minimum Gasteiger partial charge on any atom is -0.494 e. The molecule has 0 saturated carbocycles. The maximum atomic E-state index is 11.6. The Kier molecular flexibility index (Phi) is 6.56. The number of ether oxygens (including phenoxy) is 1. The quantitative estimate of drug-likeness (QED) is 0.784. The van der Waals surface area contributed by atoms with Gasteiger partial charge < -0.3 is 15.4 Å². The van der Waals surface area contributed by atoms with Gasteiger partial charge in [0.2, 0.25) is 0 Å². The van der Waals surface area contributed by atoms with Crippen LogP contribution in [0.2, 0.25) is 0 Å². The van der Waals surface area contributed by atoms with Crippen molar-refractivity contribution in [3.63, 3.8) is 0 Å². The van der Waals surface area contributed by atoms with Crippen molar-refractivity contribution < 1.29 is 14.3 Å². The molecule has 2 amide bonds. The van der Waals surface area contributed by atoms with E-state index < -0.39 is 11.8 Å². The zero-order valence-corrected chi connectivity index (χ0v) is 12.2. The molecule has 0 radical (unpaired) electrons. The van der Waals surface area contributed by atoms with Gasteiger partial charge in [0, 0.05) is 12.2 Å². The molecule has 0 aliphatic carbocycles. The van der Waals surface area contributed by atoms with Gasteiger partial charge in [-0.25, -0.2) is 0 Å². The number of carbonyl (C=O) groups is 2. The third-order valence-corrected chi connectivity index (χ3v) is 2.46. The van der Waals surface area contributed by atoms with Crippen LogP contribution in [0.4, 0.5) is 5.69 Å². The smallest absolute Gasteiger partial charge is 0.313 e. The Bertz CT molecular complexity index is 441. The highest BCUT2D eigenvalue weighted by Crippen LogP contribution is 2.15. The van der Waals surface area contributed by atoms with Crippen LogP contribution in [0, 0.1) is 5.92 Å². The van der Waals surface area contributed by atoms with Crippen molar-refractivity contribution in [2.45, 2.75) is 27.2 Å². The van der Waals surface area contributed by atoms with E-state index in [1.165, 1.54) is 0 Å². The van der Waals surface area contributed by atoms with Crippen molar-refractivity contribution in [1.82, 2.24) is 5.32 Å². The summed E-state index contributed by atoms with van der Waals surface area (Å²) in [7, 11) is 0. The van der Waals surface area contributed by atoms with Crippen LogP contribution in [-0.4, -0.2) is 25.0 Å². The average molecular weight is 278 g/mol. The van der Waals surface area contributed by atoms with Gasteiger partial charge in [0.25, 0.3) is 0 Å². The third-order valence-electron chi connectivity index (χ3n) is 2.46. The second-order valence-electron chi connectivity index (χ2n) is 4.93. The summed E-state index contributed by atoms with van der Waals surface area (Å²) in [5, 5.41) is 5.11. The molecule has 1 aromatic rings. The van der Waals surface area contributed by atoms with Crippen molar-refractivity contribution in [3.8, 4) is 5.75 Å². The number of benzene rings is 1. The molecule has 0 bridgehead atoms. The molecule has 0 unspecified atom stereocenters. The summed E-state index contributed by atoms with van der Waals surface area (Å²) in [6.07, 6.45) is 0.939. The maximum Gasteiger partial charge on any atom is 0.313 e. The molecule has 0 saturated heterocycles. The van der Waals surface area contributed by atoms with Crippen LogP contribution in [0.5, 0.6) is 5.75 Å². The van der Waals surface area contributed by atoms with E-state index in [9.17, 15) is 9.59 Å². The number of anilines is 1. The molecule has 0 aliphatic rings. The summed E-state index contributed by atoms with van der Waals surface area (Å²) in [6, 6.07) is 6.94. The zero-order chi connectivity index (χ0) is 15.0. The lowest BCUT2D eigenvalue weighted by Crippen LogP contribution is -2.37. The monoisotopic (exact) mass is 278 g/mol. The SMILES string of the molecule is CCCOc1ccc(NC(=O)C(=O)NCC(C)C)cc1. The van der Waals surface area contributed by atoms with Crippen LogP contribution < -0.4 is 15.4 Å². The fourth-order valence-corrected chi connectivity index (χ4v) is 1.42. The van der Waals surface area contributed by atoms with E-state index in [-0.39, 0.29) is 0 Å². The molecular weight excluding hydrogens is 256 g/mol. The van der Waals surface area contributed by atoms with Crippen LogP contribution in [0.25, 0.3) is 0 Å². The van der Waals surface area contributed by atoms with E-state index in [2.05, 4.69) is 10.6 Å². The lowest BCUT2D eigenvalue weighted by molar-refractivity contribution is -0.136. The fraction of sp³-hybridized carbons (Fsp3) is 0.467. The van der Waals surface area contributed by atoms with Crippen molar-refractivity contribution in [1.29, 1.82) is 0 Å². The summed E-state index contributed by atoms with van der Waals surface area (Å²) in [4.78, 5) is 23.1. The van der Waals surface area contributed by atoms with Gasteiger partial charge in [0.1, 0.15) is 5.75 Å². The standard InChI is InChI=1S/C15H22N2O3/c1-4-9-20-13-7-5-12(6-8-13)17-15(19)14(18)16-10-11(2)3/h5-8,11H,4,9-10H2,1-3H3,(H,16,18)(H,17,19). The summed E-state index contributed by atoms with van der Waals surface area (Å²) < 4.78 is 5.44. The fourth-order valence-electron chi connectivity index (χ4n) is 1.42. The average Bonchev–Trinajstić information content (AvgIpc) is 2.43. The minimum atomic E-state index is -0.659. The molecule has 2 N–H and O–H groups in total. The Labute approximate surface area is 119 Å². The molecule has 1 rings (SSSR count). The predicted octanol–water partition coefficient (Wildman–Crippen LogP) is 2.19. The normalized spacial score (nSPS) is 10.2. The largest absolute Gasteiger partial charge is 0.494 e. The molecule has 0 fully saturated rings. The molecule has 0 heterocycles. The van der Waals surface area contributed by atoms with E-state index in [4.69, 9.17) is 4.74 Å². The Hall–Kier alpha value is -2.04. The summed E-state index contributed by atoms with van der Waals surface area (Å²) in [6.45, 7) is 7.10. The lowest BCUT2D eigenvalue weighted by atomic mass is 10.2. The number of rotatable bonds is 6. The Morgan fingerprint density at radius 1 is 1.15 bits per heavy atom. The number of nitrogens with one attached hydrogen (secondary N) is 2. The summed E-state index contributed by atoms with van der Waals surface area (Å²) >= 11 is 0. The van der Waals surface area contributed by atoms with E-state index >= 15 is 0 Å². The van der Waals surface area contributed by atoms with Crippen LogP contribution in [0.1, 0.15) is 27.2 Å². The number of hydrogen-bond acceptors (Lipinski definition) is 3. The van der Waals surface area contributed by atoms with Crippen molar-refractivity contribution >= 4 is 17.5 Å². The minimum absolute atomic E-state index is 0.307.